The molecule has 1 N–H and O–H groups in total. The van der Waals surface area contributed by atoms with Crippen molar-refractivity contribution in [2.45, 2.75) is 51.6 Å². The lowest BCUT2D eigenvalue weighted by atomic mass is 9.93. The molecule has 1 aliphatic carbocycles. The van der Waals surface area contributed by atoms with E-state index in [4.69, 9.17) is 25.8 Å². The standard InChI is InChI=1S/C31H35ClFN3O4/c1-2-38-31(37)21-9-11-36(12-10-21)17-19-13-24-26(33)15-23(16-28(24)39-18-19)40-29(20-5-3-4-6-20)22-7-8-27-25(14-22)30(32)35-34-27/h7-8,13-16,20-21,29H,2-6,9-12,17-18H2,1H3,(H,34,35). The van der Waals surface area contributed by atoms with Crippen molar-refractivity contribution in [2.24, 2.45) is 11.8 Å². The molecule has 1 atom stereocenters. The van der Waals surface area contributed by atoms with Crippen LogP contribution in [-0.2, 0) is 9.53 Å². The molecular weight excluding hydrogens is 533 g/mol. The predicted molar refractivity (Wildman–Crippen MR) is 152 cm³/mol. The summed E-state index contributed by atoms with van der Waals surface area (Å²) in [5.74, 6) is 0.808. The molecule has 40 heavy (non-hydrogen) atoms. The van der Waals surface area contributed by atoms with Crippen LogP contribution in [0.25, 0.3) is 17.0 Å². The number of hydrogen-bond acceptors (Lipinski definition) is 6. The lowest BCUT2D eigenvalue weighted by molar-refractivity contribution is -0.149. The second kappa shape index (κ2) is 11.8. The third-order valence-corrected chi connectivity index (χ3v) is 8.70. The quantitative estimate of drug-likeness (QED) is 0.305. The first-order valence-electron chi connectivity index (χ1n) is 14.3. The molecule has 0 amide bonds. The molecular formula is C31H35ClFN3O4. The molecule has 2 aromatic carbocycles. The fourth-order valence-corrected chi connectivity index (χ4v) is 6.49. The second-order valence-corrected chi connectivity index (χ2v) is 11.5. The summed E-state index contributed by atoms with van der Waals surface area (Å²) < 4.78 is 33.2. The van der Waals surface area contributed by atoms with Crippen LogP contribution in [0.5, 0.6) is 11.5 Å². The Balaban J connectivity index is 1.17. The summed E-state index contributed by atoms with van der Waals surface area (Å²) >= 11 is 6.32. The average molecular weight is 568 g/mol. The summed E-state index contributed by atoms with van der Waals surface area (Å²) in [4.78, 5) is 14.3. The van der Waals surface area contributed by atoms with Crippen molar-refractivity contribution >= 4 is 34.5 Å². The number of likely N-dealkylation sites (tertiary alicyclic amines) is 1. The highest BCUT2D eigenvalue weighted by molar-refractivity contribution is 6.34. The molecule has 7 nitrogen and oxygen atoms in total. The Morgan fingerprint density at radius 1 is 1.20 bits per heavy atom. The maximum Gasteiger partial charge on any atom is 0.309 e. The minimum Gasteiger partial charge on any atom is -0.488 e. The van der Waals surface area contributed by atoms with Crippen LogP contribution in [-0.4, -0.2) is 53.9 Å². The lowest BCUT2D eigenvalue weighted by Gasteiger charge is -2.32. The van der Waals surface area contributed by atoms with Gasteiger partial charge in [0.15, 0.2) is 0 Å². The SMILES string of the molecule is CCOC(=O)C1CCN(CC2=Cc3c(F)cc(OC(c4ccc5n[nH]c(Cl)c5c4)C4CCCC4)cc3OC2)CC1. The van der Waals surface area contributed by atoms with E-state index >= 15 is 4.39 Å². The van der Waals surface area contributed by atoms with Gasteiger partial charge in [-0.2, -0.15) is 5.10 Å². The minimum absolute atomic E-state index is 0.0315. The highest BCUT2D eigenvalue weighted by Gasteiger charge is 2.30. The number of aromatic amines is 1. The first-order valence-corrected chi connectivity index (χ1v) is 14.7. The van der Waals surface area contributed by atoms with Crippen molar-refractivity contribution in [1.82, 2.24) is 15.1 Å². The van der Waals surface area contributed by atoms with E-state index in [2.05, 4.69) is 15.1 Å². The van der Waals surface area contributed by atoms with Gasteiger partial charge in [0.1, 0.15) is 35.2 Å². The zero-order chi connectivity index (χ0) is 27.6. The number of ether oxygens (including phenoxy) is 3. The Morgan fingerprint density at radius 2 is 2.00 bits per heavy atom. The highest BCUT2D eigenvalue weighted by atomic mass is 35.5. The number of piperidine rings is 1. The predicted octanol–water partition coefficient (Wildman–Crippen LogP) is 6.72. The van der Waals surface area contributed by atoms with Gasteiger partial charge in [0.05, 0.1) is 23.6 Å². The smallest absolute Gasteiger partial charge is 0.309 e. The number of rotatable bonds is 8. The van der Waals surface area contributed by atoms with Crippen molar-refractivity contribution in [3.05, 3.63) is 58.0 Å². The van der Waals surface area contributed by atoms with Gasteiger partial charge in [-0.1, -0.05) is 30.5 Å². The van der Waals surface area contributed by atoms with Gasteiger partial charge in [-0.15, -0.1) is 0 Å². The summed E-state index contributed by atoms with van der Waals surface area (Å²) in [6.07, 6.45) is 7.69. The largest absolute Gasteiger partial charge is 0.488 e. The molecule has 1 aromatic heterocycles. The maximum absolute atomic E-state index is 15.4. The summed E-state index contributed by atoms with van der Waals surface area (Å²) in [6, 6.07) is 9.28. The fraction of sp³-hybridized carbons (Fsp3) is 0.484. The topological polar surface area (TPSA) is 76.7 Å². The number of esters is 1. The minimum atomic E-state index is -0.357. The van der Waals surface area contributed by atoms with E-state index in [9.17, 15) is 4.79 Å². The van der Waals surface area contributed by atoms with Crippen LogP contribution in [0.3, 0.4) is 0 Å². The zero-order valence-corrected chi connectivity index (χ0v) is 23.5. The van der Waals surface area contributed by atoms with E-state index in [0.717, 1.165) is 73.7 Å². The summed E-state index contributed by atoms with van der Waals surface area (Å²) in [7, 11) is 0. The van der Waals surface area contributed by atoms with Crippen LogP contribution in [0.1, 0.15) is 62.7 Å². The number of benzene rings is 2. The molecule has 3 heterocycles. The van der Waals surface area contributed by atoms with Crippen LogP contribution >= 0.6 is 11.6 Å². The zero-order valence-electron chi connectivity index (χ0n) is 22.8. The summed E-state index contributed by atoms with van der Waals surface area (Å²) in [5.41, 5.74) is 3.29. The van der Waals surface area contributed by atoms with Crippen LogP contribution in [0, 0.1) is 17.7 Å². The number of nitrogens with one attached hydrogen (secondary N) is 1. The summed E-state index contributed by atoms with van der Waals surface area (Å²) in [5, 5.41) is 8.41. The Bertz CT molecular complexity index is 1410. The van der Waals surface area contributed by atoms with Crippen LogP contribution < -0.4 is 9.47 Å². The van der Waals surface area contributed by atoms with Crippen LogP contribution in [0.4, 0.5) is 4.39 Å². The van der Waals surface area contributed by atoms with Gasteiger partial charge in [0.25, 0.3) is 0 Å². The fourth-order valence-electron chi connectivity index (χ4n) is 6.29. The first kappa shape index (κ1) is 27.1. The van der Waals surface area contributed by atoms with Crippen molar-refractivity contribution in [3.8, 4) is 11.5 Å². The molecule has 2 aliphatic heterocycles. The van der Waals surface area contributed by atoms with Gasteiger partial charge < -0.3 is 14.2 Å². The molecule has 1 saturated carbocycles. The van der Waals surface area contributed by atoms with E-state index in [-0.39, 0.29) is 23.8 Å². The number of hydrogen-bond donors (Lipinski definition) is 1. The third-order valence-electron chi connectivity index (χ3n) is 8.41. The number of aromatic nitrogens is 2. The molecule has 9 heteroatoms. The first-order chi connectivity index (χ1) is 19.5. The molecule has 6 rings (SSSR count). The number of fused-ring (bicyclic) bond motifs is 2. The Kier molecular flexibility index (Phi) is 7.98. The molecule has 2 fully saturated rings. The Morgan fingerprint density at radius 3 is 2.77 bits per heavy atom. The third kappa shape index (κ3) is 5.70. The average Bonchev–Trinajstić information content (AvgIpc) is 3.63. The number of nitrogens with zero attached hydrogens (tertiary/aromatic N) is 2. The molecule has 3 aliphatic rings. The van der Waals surface area contributed by atoms with Gasteiger partial charge in [0.2, 0.25) is 0 Å². The molecule has 212 valence electrons. The highest BCUT2D eigenvalue weighted by Crippen LogP contribution is 2.42. The maximum atomic E-state index is 15.4. The number of H-pyrrole nitrogens is 1. The van der Waals surface area contributed by atoms with E-state index in [0.29, 0.717) is 47.9 Å². The summed E-state index contributed by atoms with van der Waals surface area (Å²) in [6.45, 7) is 4.95. The monoisotopic (exact) mass is 567 g/mol. The molecule has 0 radical (unpaired) electrons. The molecule has 3 aromatic rings. The van der Waals surface area contributed by atoms with Crippen LogP contribution in [0.15, 0.2) is 35.9 Å². The van der Waals surface area contributed by atoms with Crippen molar-refractivity contribution in [1.29, 1.82) is 0 Å². The van der Waals surface area contributed by atoms with E-state index in [1.54, 1.807) is 0 Å². The van der Waals surface area contributed by atoms with Crippen LogP contribution in [0.2, 0.25) is 5.15 Å². The van der Waals surface area contributed by atoms with Gasteiger partial charge in [-0.3, -0.25) is 14.8 Å². The van der Waals surface area contributed by atoms with Crippen molar-refractivity contribution in [2.75, 3.05) is 32.8 Å². The van der Waals surface area contributed by atoms with Gasteiger partial charge >= 0.3 is 5.97 Å². The second-order valence-electron chi connectivity index (χ2n) is 11.1. The van der Waals surface area contributed by atoms with Crippen molar-refractivity contribution in [3.63, 3.8) is 0 Å². The molecule has 0 bridgehead atoms. The van der Waals surface area contributed by atoms with E-state index in [1.165, 1.54) is 6.07 Å². The number of carbonyl (C=O) groups excluding carboxylic acids is 1. The van der Waals surface area contributed by atoms with Crippen molar-refractivity contribution < 1.29 is 23.4 Å². The number of halogens is 2. The van der Waals surface area contributed by atoms with Gasteiger partial charge in [0, 0.05) is 30.0 Å². The molecule has 1 saturated heterocycles. The van der Waals surface area contributed by atoms with E-state index < -0.39 is 0 Å². The Labute approximate surface area is 238 Å². The Hall–Kier alpha value is -3.10. The lowest BCUT2D eigenvalue weighted by Crippen LogP contribution is -2.38. The molecule has 1 unspecified atom stereocenters. The number of carbonyl (C=O) groups is 1. The normalized spacial score (nSPS) is 19.2. The van der Waals surface area contributed by atoms with Gasteiger partial charge in [-0.05, 0) is 75.0 Å². The van der Waals surface area contributed by atoms with E-state index in [1.807, 2.05) is 37.3 Å². The van der Waals surface area contributed by atoms with Gasteiger partial charge in [-0.25, -0.2) is 4.39 Å². The molecule has 0 spiro atoms.